The zero-order valence-electron chi connectivity index (χ0n) is 20.1. The summed E-state index contributed by atoms with van der Waals surface area (Å²) in [4.78, 5) is 67.0. The molecule has 3 heterocycles. The highest BCUT2D eigenvalue weighted by molar-refractivity contribution is 8.00. The van der Waals surface area contributed by atoms with Gasteiger partial charge in [-0.3, -0.25) is 19.3 Å². The summed E-state index contributed by atoms with van der Waals surface area (Å²) in [5, 5.41) is 5.19. The van der Waals surface area contributed by atoms with E-state index in [-0.39, 0.29) is 11.5 Å². The van der Waals surface area contributed by atoms with Gasteiger partial charge in [0, 0.05) is 12.7 Å². The Balaban J connectivity index is 1.92. The van der Waals surface area contributed by atoms with E-state index in [2.05, 4.69) is 15.3 Å². The van der Waals surface area contributed by atoms with E-state index in [1.165, 1.54) is 41.1 Å². The highest BCUT2D eigenvalue weighted by atomic mass is 35.5. The van der Waals surface area contributed by atoms with Gasteiger partial charge in [-0.25, -0.2) is 9.59 Å². The summed E-state index contributed by atoms with van der Waals surface area (Å²) in [7, 11) is 0. The number of β-lactam (4-membered cyclic amide) rings is 1. The van der Waals surface area contributed by atoms with E-state index < -0.39 is 63.4 Å². The minimum atomic E-state index is -1.78. The van der Waals surface area contributed by atoms with Crippen molar-refractivity contribution in [2.75, 3.05) is 12.4 Å². The number of hydrogen-bond acceptors (Lipinski definition) is 11. The summed E-state index contributed by atoms with van der Waals surface area (Å²) < 4.78 is 15.7. The minimum Gasteiger partial charge on any atom is -0.463 e. The summed E-state index contributed by atoms with van der Waals surface area (Å²) in [5.74, 6) is -4.12. The average molecular weight is 576 g/mol. The van der Waals surface area contributed by atoms with E-state index in [0.717, 1.165) is 6.92 Å². The molecule has 0 spiro atoms. The van der Waals surface area contributed by atoms with Crippen molar-refractivity contribution in [1.82, 2.24) is 10.2 Å². The molecular formula is C22H23Cl2N3O9S. The van der Waals surface area contributed by atoms with Crippen LogP contribution in [0.1, 0.15) is 33.5 Å². The maximum Gasteiger partial charge on any atom is 0.367 e. The van der Waals surface area contributed by atoms with Gasteiger partial charge in [0.1, 0.15) is 23.3 Å². The first-order chi connectivity index (χ1) is 17.3. The third-order valence-electron chi connectivity index (χ3n) is 4.87. The number of rotatable bonds is 8. The van der Waals surface area contributed by atoms with Gasteiger partial charge in [0.2, 0.25) is 10.5 Å². The van der Waals surface area contributed by atoms with E-state index in [4.69, 9.17) is 37.1 Å². The fourth-order valence-electron chi connectivity index (χ4n) is 3.37. The number of oxime groups is 1. The third kappa shape index (κ3) is 6.28. The number of fused-ring (bicyclic) bond motifs is 1. The molecule has 0 radical (unpaired) electrons. The van der Waals surface area contributed by atoms with Crippen LogP contribution in [0.4, 0.5) is 0 Å². The summed E-state index contributed by atoms with van der Waals surface area (Å²) in [6.07, 6.45) is 2.78. The normalized spacial score (nSPS) is 21.4. The molecule has 1 fully saturated rings. The lowest BCUT2D eigenvalue weighted by molar-refractivity contribution is -0.169. The molecule has 0 saturated carbocycles. The predicted molar refractivity (Wildman–Crippen MR) is 131 cm³/mol. The second kappa shape index (κ2) is 11.2. The van der Waals surface area contributed by atoms with E-state index >= 15 is 0 Å². The molecule has 0 unspecified atom stereocenters. The monoisotopic (exact) mass is 575 g/mol. The number of thioether (sulfide) groups is 1. The van der Waals surface area contributed by atoms with Gasteiger partial charge >= 0.3 is 17.9 Å². The molecular weight excluding hydrogens is 553 g/mol. The van der Waals surface area contributed by atoms with Crippen LogP contribution in [-0.4, -0.2) is 74.0 Å². The number of nitrogens with zero attached hydrogens (tertiary/aromatic N) is 2. The molecule has 0 aliphatic carbocycles. The second-order valence-corrected chi connectivity index (χ2v) is 11.0. The van der Waals surface area contributed by atoms with E-state index in [9.17, 15) is 24.0 Å². The van der Waals surface area contributed by atoms with Gasteiger partial charge in [-0.05, 0) is 39.0 Å². The van der Waals surface area contributed by atoms with Gasteiger partial charge in [-0.2, -0.15) is 0 Å². The van der Waals surface area contributed by atoms with E-state index in [1.807, 2.05) is 0 Å². The van der Waals surface area contributed by atoms with Gasteiger partial charge in [-0.1, -0.05) is 28.4 Å². The molecule has 2 aliphatic rings. The maximum atomic E-state index is 13.5. The first-order valence-electron chi connectivity index (χ1n) is 10.7. The Hall–Kier alpha value is -3.03. The Morgan fingerprint density at radius 1 is 1.32 bits per heavy atom. The Kier molecular flexibility index (Phi) is 8.60. The molecule has 2 amide bonds. The highest BCUT2D eigenvalue weighted by Crippen LogP contribution is 2.45. The number of hydrogen-bond donors (Lipinski definition) is 1. The predicted octanol–water partition coefficient (Wildman–Crippen LogP) is 1.89. The standard InChI is InChI=1S/C22H23Cl2N3O9S/c1-11(28)34-10-22(19(32)27-12(7-9-37-20(22)27)17(30)35-21(2,3)4)25-16(29)14(13-6-5-8-33-13)26-36-18(31)15(23)24/h5-8,15,20H,9-10H2,1-4H3,(H,25,29)/t20-,22+/m0/s1. The van der Waals surface area contributed by atoms with Crippen molar-refractivity contribution in [1.29, 1.82) is 0 Å². The molecule has 1 saturated heterocycles. The quantitative estimate of drug-likeness (QED) is 0.121. The molecule has 3 rings (SSSR count). The van der Waals surface area contributed by atoms with Crippen LogP contribution in [0.3, 0.4) is 0 Å². The van der Waals surface area contributed by atoms with Crippen LogP contribution in [0.2, 0.25) is 0 Å². The SMILES string of the molecule is CC(=O)OC[C@@]1(NC(=O)C(=NOC(=O)C(Cl)Cl)c2ccco2)C(=O)N2C(C(=O)OC(C)(C)C)=CCS[C@H]21. The van der Waals surface area contributed by atoms with E-state index in [1.54, 1.807) is 20.8 Å². The van der Waals surface area contributed by atoms with Crippen molar-refractivity contribution < 1.29 is 42.7 Å². The number of furan rings is 1. The summed E-state index contributed by atoms with van der Waals surface area (Å²) in [6, 6.07) is 2.81. The molecule has 12 nitrogen and oxygen atoms in total. The van der Waals surface area contributed by atoms with Gasteiger partial charge in [0.25, 0.3) is 11.8 Å². The molecule has 15 heteroatoms. The van der Waals surface area contributed by atoms with E-state index in [0.29, 0.717) is 5.75 Å². The smallest absolute Gasteiger partial charge is 0.367 e. The molecule has 0 bridgehead atoms. The molecule has 1 aromatic heterocycles. The van der Waals surface area contributed by atoms with Crippen LogP contribution in [0, 0.1) is 0 Å². The minimum absolute atomic E-state index is 0.000459. The van der Waals surface area contributed by atoms with Crippen molar-refractivity contribution in [3.05, 3.63) is 35.9 Å². The topological polar surface area (TPSA) is 154 Å². The number of esters is 2. The summed E-state index contributed by atoms with van der Waals surface area (Å²) in [5.41, 5.74) is -3.12. The fourth-order valence-corrected chi connectivity index (χ4v) is 4.75. The number of nitrogens with one attached hydrogen (secondary N) is 1. The number of ether oxygens (including phenoxy) is 2. The van der Waals surface area contributed by atoms with Crippen molar-refractivity contribution >= 4 is 70.4 Å². The third-order valence-corrected chi connectivity index (χ3v) is 6.51. The number of amides is 2. The lowest BCUT2D eigenvalue weighted by Gasteiger charge is -2.56. The average Bonchev–Trinajstić information content (AvgIpc) is 3.34. The molecule has 2 atom stereocenters. The van der Waals surface area contributed by atoms with Gasteiger partial charge in [0.15, 0.2) is 11.3 Å². The Morgan fingerprint density at radius 3 is 2.59 bits per heavy atom. The van der Waals surface area contributed by atoms with Gasteiger partial charge in [0.05, 0.1) is 6.26 Å². The van der Waals surface area contributed by atoms with Crippen molar-refractivity contribution in [2.24, 2.45) is 5.16 Å². The number of alkyl halides is 2. The molecule has 37 heavy (non-hydrogen) atoms. The van der Waals surface area contributed by atoms with Crippen LogP contribution >= 0.6 is 35.0 Å². The zero-order chi connectivity index (χ0) is 27.5. The summed E-state index contributed by atoms with van der Waals surface area (Å²) in [6.45, 7) is 5.65. The zero-order valence-corrected chi connectivity index (χ0v) is 22.4. The number of carbonyl (C=O) groups is 5. The summed E-state index contributed by atoms with van der Waals surface area (Å²) >= 11 is 12.1. The Labute approximate surface area is 225 Å². The molecule has 200 valence electrons. The van der Waals surface area contributed by atoms with Crippen LogP contribution < -0.4 is 5.32 Å². The van der Waals surface area contributed by atoms with Gasteiger partial charge < -0.3 is 24.0 Å². The molecule has 2 aliphatic heterocycles. The highest BCUT2D eigenvalue weighted by Gasteiger charge is 2.66. The number of halogens is 2. The maximum absolute atomic E-state index is 13.5. The first kappa shape index (κ1) is 28.5. The lowest BCUT2D eigenvalue weighted by Crippen LogP contribution is -2.81. The van der Waals surface area contributed by atoms with Crippen molar-refractivity contribution in [3.8, 4) is 0 Å². The molecule has 0 aromatic carbocycles. The molecule has 1 aromatic rings. The second-order valence-electron chi connectivity index (χ2n) is 8.79. The fraction of sp³-hybridized carbons (Fsp3) is 0.455. The van der Waals surface area contributed by atoms with Crippen LogP contribution in [0.25, 0.3) is 0 Å². The number of carbonyl (C=O) groups excluding carboxylic acids is 5. The van der Waals surface area contributed by atoms with Crippen LogP contribution in [0.15, 0.2) is 39.7 Å². The van der Waals surface area contributed by atoms with Crippen LogP contribution in [0.5, 0.6) is 0 Å². The Bertz CT molecular complexity index is 1160. The van der Waals surface area contributed by atoms with Crippen molar-refractivity contribution in [3.63, 3.8) is 0 Å². The largest absolute Gasteiger partial charge is 0.463 e. The van der Waals surface area contributed by atoms with Crippen molar-refractivity contribution in [2.45, 2.75) is 49.0 Å². The van der Waals surface area contributed by atoms with Gasteiger partial charge in [-0.15, -0.1) is 11.8 Å². The first-order valence-corrected chi connectivity index (χ1v) is 12.6. The van der Waals surface area contributed by atoms with Crippen LogP contribution in [-0.2, 0) is 38.3 Å². The Morgan fingerprint density at radius 2 is 2.03 bits per heavy atom. The lowest BCUT2D eigenvalue weighted by atomic mass is 9.87. The molecule has 1 N–H and O–H groups in total.